The summed E-state index contributed by atoms with van der Waals surface area (Å²) in [5.41, 5.74) is 0.238. The van der Waals surface area contributed by atoms with E-state index in [1.54, 1.807) is 18.6 Å². The molecule has 0 fully saturated rings. The van der Waals surface area contributed by atoms with E-state index in [0.717, 1.165) is 21.3 Å². The van der Waals surface area contributed by atoms with E-state index in [0.29, 0.717) is 6.07 Å². The first-order valence-electron chi connectivity index (χ1n) is 10.7. The number of benzene rings is 2. The second-order valence-corrected chi connectivity index (χ2v) is 9.14. The minimum Gasteiger partial charge on any atom is -0.435 e. The zero-order chi connectivity index (χ0) is 27.0. The number of anilines is 1. The molecule has 2 aromatic carbocycles. The molecule has 2 rings (SSSR count). The van der Waals surface area contributed by atoms with E-state index in [-0.39, 0.29) is 36.5 Å². The smallest absolute Gasteiger partial charge is 0.387 e. The van der Waals surface area contributed by atoms with Crippen molar-refractivity contribution in [2.75, 3.05) is 25.0 Å². The first kappa shape index (κ1) is 28.8. The number of alkyl halides is 2. The maximum Gasteiger partial charge on any atom is 0.387 e. The van der Waals surface area contributed by atoms with Gasteiger partial charge in [-0.1, -0.05) is 13.8 Å². The topological polar surface area (TPSA) is 108 Å². The van der Waals surface area contributed by atoms with Crippen molar-refractivity contribution >= 4 is 27.8 Å². The van der Waals surface area contributed by atoms with Crippen LogP contribution in [0.15, 0.2) is 42.5 Å². The second kappa shape index (κ2) is 12.5. The van der Waals surface area contributed by atoms with Crippen LogP contribution >= 0.6 is 0 Å². The van der Waals surface area contributed by atoms with Gasteiger partial charge in [-0.2, -0.15) is 21.5 Å². The normalized spacial score (nSPS) is 12.4. The summed E-state index contributed by atoms with van der Waals surface area (Å²) in [5.74, 6) is -2.75. The van der Waals surface area contributed by atoms with Crippen LogP contribution in [0.25, 0.3) is 0 Å². The Morgan fingerprint density at radius 2 is 1.56 bits per heavy atom. The molecular formula is C22H26F4N4O5S. The van der Waals surface area contributed by atoms with Crippen molar-refractivity contribution in [3.8, 4) is 5.75 Å². The van der Waals surface area contributed by atoms with Crippen molar-refractivity contribution in [3.05, 3.63) is 59.7 Å². The van der Waals surface area contributed by atoms with E-state index in [1.807, 2.05) is 0 Å². The number of halogens is 4. The zero-order valence-electron chi connectivity index (χ0n) is 19.7. The van der Waals surface area contributed by atoms with Crippen LogP contribution in [0.5, 0.6) is 5.75 Å². The maximum atomic E-state index is 13.7. The highest BCUT2D eigenvalue weighted by Crippen LogP contribution is 2.21. The summed E-state index contributed by atoms with van der Waals surface area (Å²) < 4.78 is 83.9. The number of hydrogen-bond acceptors (Lipinski definition) is 5. The lowest BCUT2D eigenvalue weighted by Gasteiger charge is -2.26. The van der Waals surface area contributed by atoms with Gasteiger partial charge in [0.05, 0.1) is 0 Å². The van der Waals surface area contributed by atoms with Crippen LogP contribution in [0.2, 0.25) is 0 Å². The number of ether oxygens (including phenoxy) is 1. The first-order chi connectivity index (χ1) is 16.9. The fourth-order valence-corrected chi connectivity index (χ4v) is 4.41. The molecule has 9 nitrogen and oxygen atoms in total. The minimum atomic E-state index is -4.22. The standard InChI is InChI=1S/C22H26F4N4O5S/c1-4-30(5-2)36(33,34)28-22(32)27-19(12-14-10-15(23)13-16(24)11-14)20(31)29(3)17-6-8-18(9-7-17)35-21(25)26/h6-11,13,19,21H,4-5,12H2,1-3H3,(H2,27,28,32). The average Bonchev–Trinajstić information content (AvgIpc) is 2.77. The Morgan fingerprint density at radius 3 is 2.06 bits per heavy atom. The predicted molar refractivity (Wildman–Crippen MR) is 124 cm³/mol. The van der Waals surface area contributed by atoms with Gasteiger partial charge in [0.25, 0.3) is 0 Å². The van der Waals surface area contributed by atoms with Crippen molar-refractivity contribution in [3.63, 3.8) is 0 Å². The van der Waals surface area contributed by atoms with Crippen molar-refractivity contribution in [1.82, 2.24) is 14.3 Å². The first-order valence-corrected chi connectivity index (χ1v) is 12.2. The van der Waals surface area contributed by atoms with Gasteiger partial charge >= 0.3 is 22.9 Å². The Hall–Kier alpha value is -3.39. The Morgan fingerprint density at radius 1 is 1.00 bits per heavy atom. The molecule has 2 N–H and O–H groups in total. The molecule has 36 heavy (non-hydrogen) atoms. The molecule has 0 spiro atoms. The summed E-state index contributed by atoms with van der Waals surface area (Å²) in [7, 11) is -2.90. The molecule has 0 aliphatic carbocycles. The highest BCUT2D eigenvalue weighted by Gasteiger charge is 2.28. The van der Waals surface area contributed by atoms with Crippen LogP contribution < -0.4 is 19.7 Å². The SMILES string of the molecule is CCN(CC)S(=O)(=O)NC(=O)NC(Cc1cc(F)cc(F)c1)C(=O)N(C)c1ccc(OC(F)F)cc1. The van der Waals surface area contributed by atoms with Gasteiger partial charge in [0.15, 0.2) is 0 Å². The van der Waals surface area contributed by atoms with Crippen molar-refractivity contribution < 1.29 is 40.3 Å². The second-order valence-electron chi connectivity index (χ2n) is 7.47. The highest BCUT2D eigenvalue weighted by atomic mass is 32.2. The van der Waals surface area contributed by atoms with Crippen LogP contribution in [0.1, 0.15) is 19.4 Å². The van der Waals surface area contributed by atoms with E-state index < -0.39 is 46.4 Å². The Kier molecular flexibility index (Phi) is 10.0. The van der Waals surface area contributed by atoms with E-state index in [9.17, 15) is 35.6 Å². The van der Waals surface area contributed by atoms with Crippen LogP contribution in [0.4, 0.5) is 28.0 Å². The van der Waals surface area contributed by atoms with E-state index >= 15 is 0 Å². The van der Waals surface area contributed by atoms with Crippen LogP contribution in [-0.2, 0) is 21.4 Å². The van der Waals surface area contributed by atoms with Crippen LogP contribution in [-0.4, -0.2) is 57.5 Å². The molecule has 1 atom stereocenters. The molecular weight excluding hydrogens is 508 g/mol. The number of amides is 3. The Bertz CT molecular complexity index is 1140. The number of likely N-dealkylation sites (N-methyl/N-ethyl adjacent to an activating group) is 1. The van der Waals surface area contributed by atoms with E-state index in [2.05, 4.69) is 10.1 Å². The van der Waals surface area contributed by atoms with E-state index in [4.69, 9.17) is 0 Å². The molecule has 0 heterocycles. The predicted octanol–water partition coefficient (Wildman–Crippen LogP) is 3.03. The van der Waals surface area contributed by atoms with Gasteiger partial charge in [-0.3, -0.25) is 4.79 Å². The number of carbonyl (C=O) groups is 2. The van der Waals surface area contributed by atoms with Gasteiger partial charge < -0.3 is 15.0 Å². The van der Waals surface area contributed by atoms with Crippen LogP contribution in [0.3, 0.4) is 0 Å². The number of nitrogens with zero attached hydrogens (tertiary/aromatic N) is 2. The number of carbonyl (C=O) groups excluding carboxylic acids is 2. The molecule has 0 aliphatic rings. The molecule has 1 unspecified atom stereocenters. The summed E-state index contributed by atoms with van der Waals surface area (Å²) in [6.07, 6.45) is -0.386. The van der Waals surface area contributed by atoms with Crippen molar-refractivity contribution in [2.45, 2.75) is 32.9 Å². The largest absolute Gasteiger partial charge is 0.435 e. The van der Waals surface area contributed by atoms with Gasteiger partial charge in [-0.05, 0) is 42.0 Å². The lowest BCUT2D eigenvalue weighted by atomic mass is 10.0. The molecule has 0 saturated carbocycles. The number of rotatable bonds is 11. The molecule has 0 aliphatic heterocycles. The maximum absolute atomic E-state index is 13.7. The lowest BCUT2D eigenvalue weighted by Crippen LogP contribution is -2.54. The molecule has 3 amide bonds. The third-order valence-corrected chi connectivity index (χ3v) is 6.65. The van der Waals surface area contributed by atoms with E-state index in [1.165, 1.54) is 31.3 Å². The fraction of sp³-hybridized carbons (Fsp3) is 0.364. The molecule has 198 valence electrons. The number of urea groups is 1. The van der Waals surface area contributed by atoms with Crippen LogP contribution in [0, 0.1) is 11.6 Å². The highest BCUT2D eigenvalue weighted by molar-refractivity contribution is 7.87. The fourth-order valence-electron chi connectivity index (χ4n) is 3.31. The molecule has 0 radical (unpaired) electrons. The number of hydrogen-bond donors (Lipinski definition) is 2. The Balaban J connectivity index is 2.29. The van der Waals surface area contributed by atoms with Gasteiger partial charge in [0.1, 0.15) is 23.4 Å². The summed E-state index contributed by atoms with van der Waals surface area (Å²) >= 11 is 0. The Labute approximate surface area is 206 Å². The third-order valence-electron chi connectivity index (χ3n) is 5.01. The lowest BCUT2D eigenvalue weighted by molar-refractivity contribution is -0.120. The zero-order valence-corrected chi connectivity index (χ0v) is 20.5. The molecule has 2 aromatic rings. The van der Waals surface area contributed by atoms with Gasteiger partial charge in [-0.15, -0.1) is 0 Å². The number of nitrogens with one attached hydrogen (secondary N) is 2. The minimum absolute atomic E-state index is 0.0202. The van der Waals surface area contributed by atoms with Crippen molar-refractivity contribution in [1.29, 1.82) is 0 Å². The summed E-state index contributed by atoms with van der Waals surface area (Å²) in [6, 6.07) is 4.87. The third kappa shape index (κ3) is 8.09. The summed E-state index contributed by atoms with van der Waals surface area (Å²) in [5, 5.41) is 2.24. The summed E-state index contributed by atoms with van der Waals surface area (Å²) in [4.78, 5) is 26.8. The quantitative estimate of drug-likeness (QED) is 0.431. The molecule has 0 saturated heterocycles. The van der Waals surface area contributed by atoms with Gasteiger partial charge in [-0.25, -0.2) is 18.3 Å². The van der Waals surface area contributed by atoms with Gasteiger partial charge in [0, 0.05) is 38.3 Å². The average molecular weight is 535 g/mol. The molecule has 0 bridgehead atoms. The van der Waals surface area contributed by atoms with Gasteiger partial charge in [0.2, 0.25) is 5.91 Å². The monoisotopic (exact) mass is 534 g/mol. The van der Waals surface area contributed by atoms with Crippen molar-refractivity contribution in [2.24, 2.45) is 0 Å². The molecule has 0 aromatic heterocycles. The summed E-state index contributed by atoms with van der Waals surface area (Å²) in [6.45, 7) is 0.258. The molecule has 14 heteroatoms.